The molecule has 0 fully saturated rings. The third kappa shape index (κ3) is 5.76. The first-order valence-corrected chi connectivity index (χ1v) is 7.45. The smallest absolute Gasteiger partial charge is 0.274 e. The van der Waals surface area contributed by atoms with Gasteiger partial charge in [0.2, 0.25) is 5.88 Å². The predicted molar refractivity (Wildman–Crippen MR) is 89.1 cm³/mol. The second-order valence-corrected chi connectivity index (χ2v) is 5.35. The molecule has 0 amide bonds. The zero-order valence-corrected chi connectivity index (χ0v) is 14.3. The van der Waals surface area contributed by atoms with Gasteiger partial charge in [-0.05, 0) is 43.2 Å². The fraction of sp³-hybridized carbons (Fsp3) is 0.389. The van der Waals surface area contributed by atoms with Crippen molar-refractivity contribution in [3.05, 3.63) is 53.2 Å². The third-order valence-corrected chi connectivity index (χ3v) is 3.40. The van der Waals surface area contributed by atoms with Gasteiger partial charge >= 0.3 is 0 Å². The number of alkyl halides is 2. The molecule has 1 aromatic rings. The zero-order chi connectivity index (χ0) is 18.3. The Balaban J connectivity index is 2.78. The summed E-state index contributed by atoms with van der Waals surface area (Å²) in [5, 5.41) is 0. The van der Waals surface area contributed by atoms with Crippen LogP contribution in [-0.2, 0) is 17.3 Å². The van der Waals surface area contributed by atoms with Gasteiger partial charge in [0.15, 0.2) is 0 Å². The summed E-state index contributed by atoms with van der Waals surface area (Å²) in [6.45, 7) is 7.83. The largest absolute Gasteiger partial charge is 0.496 e. The molecule has 0 unspecified atom stereocenters. The highest BCUT2D eigenvalue weighted by atomic mass is 19.3. The number of rotatable bonds is 8. The van der Waals surface area contributed by atoms with Crippen LogP contribution in [0, 0.1) is 0 Å². The van der Waals surface area contributed by atoms with Gasteiger partial charge in [-0.1, -0.05) is 13.0 Å². The Hall–Kier alpha value is -2.24. The van der Waals surface area contributed by atoms with Crippen LogP contribution in [-0.4, -0.2) is 13.3 Å². The molecule has 0 spiro atoms. The van der Waals surface area contributed by atoms with Crippen LogP contribution in [0.25, 0.3) is 0 Å². The fourth-order valence-electron chi connectivity index (χ4n) is 1.80. The lowest BCUT2D eigenvalue weighted by Gasteiger charge is -2.16. The molecule has 24 heavy (non-hydrogen) atoms. The van der Waals surface area contributed by atoms with Gasteiger partial charge in [0.05, 0.1) is 18.9 Å². The minimum atomic E-state index is -3.04. The highest BCUT2D eigenvalue weighted by Gasteiger charge is 2.28. The van der Waals surface area contributed by atoms with Crippen molar-refractivity contribution >= 4 is 6.21 Å². The SMILES string of the molecule is C=C(/N=C\C(F)=C(/C)CC)OCc1ccc(OC)c(C(C)(F)F)c1. The number of aliphatic imine (C=N–C) groups is 1. The monoisotopic (exact) mass is 341 g/mol. The van der Waals surface area contributed by atoms with E-state index in [1.54, 1.807) is 13.0 Å². The maximum Gasteiger partial charge on any atom is 0.274 e. The molecule has 0 saturated carbocycles. The normalized spacial score (nSPS) is 13.0. The number of halogens is 3. The lowest BCUT2D eigenvalue weighted by Crippen LogP contribution is -2.10. The first-order chi connectivity index (χ1) is 11.2. The van der Waals surface area contributed by atoms with Gasteiger partial charge in [-0.25, -0.2) is 18.2 Å². The summed E-state index contributed by atoms with van der Waals surface area (Å²) in [5.41, 5.74) is 0.841. The minimum absolute atomic E-state index is 0.00493. The summed E-state index contributed by atoms with van der Waals surface area (Å²) in [6.07, 6.45) is 1.60. The van der Waals surface area contributed by atoms with Crippen LogP contribution < -0.4 is 4.74 Å². The first kappa shape index (κ1) is 19.8. The van der Waals surface area contributed by atoms with Crippen molar-refractivity contribution in [1.82, 2.24) is 0 Å². The molecule has 0 heterocycles. The molecule has 0 radical (unpaired) electrons. The second kappa shape index (κ2) is 8.57. The van der Waals surface area contributed by atoms with Crippen molar-refractivity contribution in [2.24, 2.45) is 4.99 Å². The van der Waals surface area contributed by atoms with E-state index >= 15 is 0 Å². The first-order valence-electron chi connectivity index (χ1n) is 7.45. The van der Waals surface area contributed by atoms with Gasteiger partial charge in [0, 0.05) is 6.92 Å². The maximum absolute atomic E-state index is 13.6. The Morgan fingerprint density at radius 2 is 2.04 bits per heavy atom. The lowest BCUT2D eigenvalue weighted by molar-refractivity contribution is 0.0149. The van der Waals surface area contributed by atoms with Crippen LogP contribution in [0.2, 0.25) is 0 Å². The van der Waals surface area contributed by atoms with E-state index in [2.05, 4.69) is 11.6 Å². The van der Waals surface area contributed by atoms with Gasteiger partial charge in [-0.3, -0.25) is 0 Å². The molecular formula is C18H22F3NO2. The number of allylic oxidation sites excluding steroid dienone is 2. The van der Waals surface area contributed by atoms with Crippen molar-refractivity contribution in [3.8, 4) is 5.75 Å². The van der Waals surface area contributed by atoms with Crippen molar-refractivity contribution in [2.45, 2.75) is 39.7 Å². The van der Waals surface area contributed by atoms with Crippen LogP contribution in [0.1, 0.15) is 38.3 Å². The average Bonchev–Trinajstić information content (AvgIpc) is 2.55. The highest BCUT2D eigenvalue weighted by Crippen LogP contribution is 2.35. The summed E-state index contributed by atoms with van der Waals surface area (Å²) in [7, 11) is 1.33. The molecule has 0 N–H and O–H groups in total. The standard InChI is InChI=1S/C18H22F3NO2/c1-6-12(2)16(19)10-22-13(3)24-11-14-7-8-17(23-5)15(9-14)18(4,20)21/h7-10H,3,6,11H2,1-2,4-5H3/b16-12-,22-10-. The Kier molecular flexibility index (Phi) is 7.07. The van der Waals surface area contributed by atoms with Crippen molar-refractivity contribution in [1.29, 1.82) is 0 Å². The van der Waals surface area contributed by atoms with Crippen LogP contribution >= 0.6 is 0 Å². The second-order valence-electron chi connectivity index (χ2n) is 5.35. The maximum atomic E-state index is 13.6. The molecule has 0 bridgehead atoms. The summed E-state index contributed by atoms with van der Waals surface area (Å²) in [6, 6.07) is 4.36. The molecule has 0 aliphatic rings. The number of nitrogens with zero attached hydrogens (tertiary/aromatic N) is 1. The van der Waals surface area contributed by atoms with E-state index in [0.717, 1.165) is 13.1 Å². The summed E-state index contributed by atoms with van der Waals surface area (Å²) in [4.78, 5) is 3.77. The molecule has 0 atom stereocenters. The molecule has 0 aliphatic heterocycles. The van der Waals surface area contributed by atoms with Crippen molar-refractivity contribution in [3.63, 3.8) is 0 Å². The molecule has 1 rings (SSSR count). The summed E-state index contributed by atoms with van der Waals surface area (Å²) in [5.74, 6) is -3.39. The van der Waals surface area contributed by atoms with E-state index in [1.165, 1.54) is 19.2 Å². The Bertz CT molecular complexity index is 646. The summed E-state index contributed by atoms with van der Waals surface area (Å²) >= 11 is 0. The quantitative estimate of drug-likeness (QED) is 0.460. The highest BCUT2D eigenvalue weighted by molar-refractivity contribution is 5.77. The van der Waals surface area contributed by atoms with Gasteiger partial charge in [-0.15, -0.1) is 0 Å². The van der Waals surface area contributed by atoms with Gasteiger partial charge < -0.3 is 9.47 Å². The molecule has 0 aliphatic carbocycles. The minimum Gasteiger partial charge on any atom is -0.496 e. The number of benzene rings is 1. The topological polar surface area (TPSA) is 30.8 Å². The Morgan fingerprint density at radius 1 is 1.38 bits per heavy atom. The molecular weight excluding hydrogens is 319 g/mol. The summed E-state index contributed by atoms with van der Waals surface area (Å²) < 4.78 is 50.9. The number of ether oxygens (including phenoxy) is 2. The van der Waals surface area contributed by atoms with Gasteiger partial charge in [0.1, 0.15) is 18.2 Å². The molecule has 132 valence electrons. The molecule has 3 nitrogen and oxygen atoms in total. The van der Waals surface area contributed by atoms with Crippen molar-refractivity contribution < 1.29 is 22.6 Å². The van der Waals surface area contributed by atoms with E-state index in [4.69, 9.17) is 9.47 Å². The van der Waals surface area contributed by atoms with Gasteiger partial charge in [0.25, 0.3) is 5.92 Å². The predicted octanol–water partition coefficient (Wildman–Crippen LogP) is 5.52. The number of hydrogen-bond donors (Lipinski definition) is 0. The molecule has 6 heteroatoms. The molecule has 0 aromatic heterocycles. The van der Waals surface area contributed by atoms with E-state index in [1.807, 2.05) is 6.92 Å². The van der Waals surface area contributed by atoms with Gasteiger partial charge in [-0.2, -0.15) is 0 Å². The number of methoxy groups -OCH3 is 1. The van der Waals surface area contributed by atoms with Crippen LogP contribution in [0.15, 0.2) is 47.1 Å². The van der Waals surface area contributed by atoms with E-state index in [0.29, 0.717) is 17.6 Å². The number of hydrogen-bond acceptors (Lipinski definition) is 3. The third-order valence-electron chi connectivity index (χ3n) is 3.40. The van der Waals surface area contributed by atoms with E-state index in [-0.39, 0.29) is 23.8 Å². The fourth-order valence-corrected chi connectivity index (χ4v) is 1.80. The Labute approximate surface area is 140 Å². The molecule has 1 aromatic carbocycles. The van der Waals surface area contributed by atoms with Crippen LogP contribution in [0.3, 0.4) is 0 Å². The lowest BCUT2D eigenvalue weighted by atomic mass is 10.1. The average molecular weight is 341 g/mol. The van der Waals surface area contributed by atoms with E-state index in [9.17, 15) is 13.2 Å². The zero-order valence-electron chi connectivity index (χ0n) is 14.3. The molecule has 0 saturated heterocycles. The van der Waals surface area contributed by atoms with E-state index < -0.39 is 11.7 Å². The Morgan fingerprint density at radius 3 is 2.58 bits per heavy atom. The van der Waals surface area contributed by atoms with Crippen LogP contribution in [0.4, 0.5) is 13.2 Å². The van der Waals surface area contributed by atoms with Crippen molar-refractivity contribution in [2.75, 3.05) is 7.11 Å². The van der Waals surface area contributed by atoms with Crippen LogP contribution in [0.5, 0.6) is 5.75 Å².